The molecule has 21 heavy (non-hydrogen) atoms. The van der Waals surface area contributed by atoms with Gasteiger partial charge in [0.15, 0.2) is 0 Å². The molecule has 0 aromatic heterocycles. The zero-order valence-electron chi connectivity index (χ0n) is 10.7. The molecule has 2 rings (SSSR count). The van der Waals surface area contributed by atoms with Crippen LogP contribution < -0.4 is 10.6 Å². The predicted octanol–water partition coefficient (Wildman–Crippen LogP) is 4.30. The van der Waals surface area contributed by atoms with Gasteiger partial charge >= 0.3 is 6.03 Å². The Morgan fingerprint density at radius 2 is 1.90 bits per heavy atom. The molecule has 4 nitrogen and oxygen atoms in total. The third-order valence-corrected chi connectivity index (χ3v) is 5.43. The van der Waals surface area contributed by atoms with E-state index in [0.29, 0.717) is 16.0 Å². The van der Waals surface area contributed by atoms with Crippen molar-refractivity contribution < 1.29 is 9.59 Å². The van der Waals surface area contributed by atoms with Gasteiger partial charge in [-0.05, 0) is 11.5 Å². The van der Waals surface area contributed by atoms with Crippen molar-refractivity contribution >= 4 is 71.9 Å². The molecule has 0 aliphatic carbocycles. The van der Waals surface area contributed by atoms with Crippen molar-refractivity contribution in [2.45, 2.75) is 4.83 Å². The topological polar surface area (TPSA) is 58.2 Å². The molecule has 2 N–H and O–H groups in total. The number of carbonyl (C=O) groups is 2. The maximum atomic E-state index is 11.8. The van der Waals surface area contributed by atoms with Gasteiger partial charge in [-0.2, -0.15) is 0 Å². The quantitative estimate of drug-likeness (QED) is 0.708. The molecule has 1 unspecified atom stereocenters. The first-order valence-corrected chi connectivity index (χ1v) is 8.43. The molecule has 1 atom stereocenters. The van der Waals surface area contributed by atoms with Gasteiger partial charge in [0.2, 0.25) is 5.91 Å². The fourth-order valence-electron chi connectivity index (χ4n) is 1.74. The lowest BCUT2D eigenvalue weighted by atomic mass is 10.1. The highest BCUT2D eigenvalue weighted by Crippen LogP contribution is 2.30. The van der Waals surface area contributed by atoms with E-state index in [0.717, 1.165) is 10.8 Å². The molecule has 0 spiro atoms. The molecule has 110 valence electrons. The van der Waals surface area contributed by atoms with E-state index in [9.17, 15) is 9.59 Å². The van der Waals surface area contributed by atoms with Gasteiger partial charge in [-0.25, -0.2) is 4.79 Å². The minimum atomic E-state index is -0.623. The number of nitrogens with one attached hydrogen (secondary N) is 2. The van der Waals surface area contributed by atoms with Gasteiger partial charge in [-0.1, -0.05) is 73.8 Å². The van der Waals surface area contributed by atoms with Crippen molar-refractivity contribution in [3.63, 3.8) is 0 Å². The summed E-state index contributed by atoms with van der Waals surface area (Å²) in [5.74, 6) is -0.429. The second kappa shape index (κ2) is 7.24. The van der Waals surface area contributed by atoms with Crippen LogP contribution in [0.1, 0.15) is 0 Å². The molecule has 0 aliphatic heterocycles. The number of carbonyl (C=O) groups excluding carboxylic acids is 2. The Bertz CT molecular complexity index is 694. The normalized spacial score (nSPS) is 12.0. The third kappa shape index (κ3) is 3.96. The molecular weight excluding hydrogens is 423 g/mol. The highest BCUT2D eigenvalue weighted by atomic mass is 79.9. The molecule has 0 saturated heterocycles. The first-order valence-electron chi connectivity index (χ1n) is 6.02. The van der Waals surface area contributed by atoms with E-state index in [2.05, 4.69) is 42.5 Å². The lowest BCUT2D eigenvalue weighted by Gasteiger charge is -2.11. The van der Waals surface area contributed by atoms with Crippen molar-refractivity contribution in [2.24, 2.45) is 0 Å². The van der Waals surface area contributed by atoms with E-state index in [1.807, 2.05) is 30.3 Å². The lowest BCUT2D eigenvalue weighted by Crippen LogP contribution is -2.39. The first-order chi connectivity index (χ1) is 10.0. The number of rotatable bonds is 3. The molecule has 0 fully saturated rings. The van der Waals surface area contributed by atoms with Gasteiger partial charge in [0, 0.05) is 10.7 Å². The Hall–Kier alpha value is -1.11. The minimum Gasteiger partial charge on any atom is -0.306 e. The average Bonchev–Trinajstić information content (AvgIpc) is 2.49. The molecule has 0 bridgehead atoms. The van der Waals surface area contributed by atoms with E-state index >= 15 is 0 Å². The standard InChI is InChI=1S/C14H11Br2ClN2O2/c15-7-10(16)13(20)19-14(21)18-11-6-5-8-3-1-2-4-9(8)12(11)17/h1-6,10H,7H2,(H2,18,19,20,21). The van der Waals surface area contributed by atoms with E-state index in [4.69, 9.17) is 11.6 Å². The van der Waals surface area contributed by atoms with E-state index in [1.165, 1.54) is 0 Å². The summed E-state index contributed by atoms with van der Waals surface area (Å²) in [5.41, 5.74) is 0.450. The van der Waals surface area contributed by atoms with Crippen LogP contribution in [0.2, 0.25) is 5.02 Å². The number of fused-ring (bicyclic) bond motifs is 1. The molecule has 2 aromatic rings. The molecule has 2 aromatic carbocycles. The number of benzene rings is 2. The molecule has 0 radical (unpaired) electrons. The number of hydrogen-bond donors (Lipinski definition) is 2. The Labute approximate surface area is 143 Å². The summed E-state index contributed by atoms with van der Waals surface area (Å²) in [6, 6.07) is 10.5. The number of hydrogen-bond acceptors (Lipinski definition) is 2. The first kappa shape index (κ1) is 16.3. The van der Waals surface area contributed by atoms with Crippen molar-refractivity contribution in [3.05, 3.63) is 41.4 Å². The summed E-state index contributed by atoms with van der Waals surface area (Å²) in [6.45, 7) is 0. The zero-order chi connectivity index (χ0) is 15.4. The number of amides is 3. The molecule has 0 heterocycles. The predicted molar refractivity (Wildman–Crippen MR) is 92.6 cm³/mol. The smallest absolute Gasteiger partial charge is 0.306 e. The largest absolute Gasteiger partial charge is 0.325 e. The van der Waals surface area contributed by atoms with Crippen molar-refractivity contribution in [1.29, 1.82) is 0 Å². The van der Waals surface area contributed by atoms with E-state index in [-0.39, 0.29) is 0 Å². The van der Waals surface area contributed by atoms with Crippen LogP contribution in [-0.4, -0.2) is 22.1 Å². The van der Waals surface area contributed by atoms with Crippen molar-refractivity contribution in [3.8, 4) is 0 Å². The maximum absolute atomic E-state index is 11.8. The summed E-state index contributed by atoms with van der Waals surface area (Å²) in [5, 5.41) is 7.46. The summed E-state index contributed by atoms with van der Waals surface area (Å²) in [4.78, 5) is 22.9. The highest BCUT2D eigenvalue weighted by molar-refractivity contribution is 9.12. The lowest BCUT2D eigenvalue weighted by molar-refractivity contribution is -0.118. The van der Waals surface area contributed by atoms with E-state index < -0.39 is 16.8 Å². The molecule has 0 saturated carbocycles. The van der Waals surface area contributed by atoms with Gasteiger partial charge < -0.3 is 5.32 Å². The SMILES string of the molecule is O=C(NC(=O)C(Br)CBr)Nc1ccc2ccccc2c1Cl. The summed E-state index contributed by atoms with van der Waals surface area (Å²) in [6.07, 6.45) is 0. The molecule has 7 heteroatoms. The van der Waals surface area contributed by atoms with Gasteiger partial charge in [-0.3, -0.25) is 10.1 Å². The summed E-state index contributed by atoms with van der Waals surface area (Å²) >= 11 is 12.6. The van der Waals surface area contributed by atoms with Crippen LogP contribution in [0.5, 0.6) is 0 Å². The fraction of sp³-hybridized carbons (Fsp3) is 0.143. The van der Waals surface area contributed by atoms with Crippen LogP contribution in [0.3, 0.4) is 0 Å². The van der Waals surface area contributed by atoms with Gasteiger partial charge in [0.25, 0.3) is 0 Å². The van der Waals surface area contributed by atoms with Crippen LogP contribution in [-0.2, 0) is 4.79 Å². The van der Waals surface area contributed by atoms with Crippen molar-refractivity contribution in [2.75, 3.05) is 10.6 Å². The van der Waals surface area contributed by atoms with Gasteiger partial charge in [0.1, 0.15) is 4.83 Å². The monoisotopic (exact) mass is 432 g/mol. The zero-order valence-corrected chi connectivity index (χ0v) is 14.6. The molecular formula is C14H11Br2ClN2O2. The average molecular weight is 435 g/mol. The van der Waals surface area contributed by atoms with Crippen LogP contribution in [0.15, 0.2) is 36.4 Å². The van der Waals surface area contributed by atoms with Gasteiger partial charge in [0.05, 0.1) is 10.7 Å². The number of urea groups is 1. The Balaban J connectivity index is 2.15. The molecule has 0 aliphatic rings. The second-order valence-corrected chi connectivity index (χ2v) is 6.34. The molecule has 3 amide bonds. The summed E-state index contributed by atoms with van der Waals surface area (Å²) < 4.78 is 0. The van der Waals surface area contributed by atoms with Crippen LogP contribution >= 0.6 is 43.5 Å². The van der Waals surface area contributed by atoms with Crippen LogP contribution in [0.25, 0.3) is 10.8 Å². The Morgan fingerprint density at radius 1 is 1.19 bits per heavy atom. The van der Waals surface area contributed by atoms with Crippen LogP contribution in [0, 0.1) is 0 Å². The Morgan fingerprint density at radius 3 is 2.62 bits per heavy atom. The second-order valence-electron chi connectivity index (χ2n) is 4.21. The number of anilines is 1. The minimum absolute atomic E-state index is 0.406. The van der Waals surface area contributed by atoms with E-state index in [1.54, 1.807) is 6.07 Å². The third-order valence-electron chi connectivity index (χ3n) is 2.77. The fourth-order valence-corrected chi connectivity index (χ4v) is 2.43. The number of halogens is 3. The Kier molecular flexibility index (Phi) is 5.61. The summed E-state index contributed by atoms with van der Waals surface area (Å²) in [7, 11) is 0. The number of imide groups is 1. The maximum Gasteiger partial charge on any atom is 0.325 e. The highest BCUT2D eigenvalue weighted by Gasteiger charge is 2.17. The van der Waals surface area contributed by atoms with Gasteiger partial charge in [-0.15, -0.1) is 0 Å². The van der Waals surface area contributed by atoms with Crippen LogP contribution in [0.4, 0.5) is 10.5 Å². The number of alkyl halides is 2. The van der Waals surface area contributed by atoms with Crippen molar-refractivity contribution in [1.82, 2.24) is 5.32 Å².